The van der Waals surface area contributed by atoms with Gasteiger partial charge in [-0.25, -0.2) is 0 Å². The highest BCUT2D eigenvalue weighted by Crippen LogP contribution is 2.33. The average molecular weight is 490 g/mol. The van der Waals surface area contributed by atoms with Crippen LogP contribution < -0.4 is 9.80 Å². The van der Waals surface area contributed by atoms with Crippen molar-refractivity contribution >= 4 is 62.3 Å². The standard InChI is InChI=1S/C25H24Cl3N3O/c26-17-1-5-20(6-2-17)30-11-9-29(10-12-30)15-21(32)16-31-24-7-3-18(27)13-22(24)23-14-19(28)4-8-25(23)31/h1-8,13-14,21,32H,9-12,15-16H2/p+1. The van der Waals surface area contributed by atoms with E-state index in [2.05, 4.69) is 21.6 Å². The number of piperazine rings is 1. The predicted octanol–water partition coefficient (Wildman–Crippen LogP) is 4.52. The third-order valence-electron chi connectivity index (χ3n) is 6.37. The maximum atomic E-state index is 11.0. The van der Waals surface area contributed by atoms with Gasteiger partial charge in [-0.3, -0.25) is 0 Å². The second-order valence-electron chi connectivity index (χ2n) is 8.50. The van der Waals surface area contributed by atoms with Crippen molar-refractivity contribution in [3.63, 3.8) is 0 Å². The van der Waals surface area contributed by atoms with Gasteiger partial charge in [-0.15, -0.1) is 0 Å². The minimum atomic E-state index is -0.447. The molecular weight excluding hydrogens is 465 g/mol. The van der Waals surface area contributed by atoms with Gasteiger partial charge in [0.1, 0.15) is 12.6 Å². The Balaban J connectivity index is 1.29. The third-order valence-corrected chi connectivity index (χ3v) is 7.09. The number of aliphatic hydroxyl groups excluding tert-OH is 1. The van der Waals surface area contributed by atoms with Crippen molar-refractivity contribution in [2.75, 3.05) is 37.6 Å². The number of benzene rings is 3. The summed E-state index contributed by atoms with van der Waals surface area (Å²) in [6.45, 7) is 5.19. The number of anilines is 1. The molecule has 0 saturated carbocycles. The monoisotopic (exact) mass is 488 g/mol. The lowest BCUT2D eigenvalue weighted by molar-refractivity contribution is -0.903. The molecule has 0 aliphatic carbocycles. The first-order valence-corrected chi connectivity index (χ1v) is 12.0. The van der Waals surface area contributed by atoms with Gasteiger partial charge in [0, 0.05) is 42.6 Å². The fourth-order valence-corrected chi connectivity index (χ4v) is 5.26. The third kappa shape index (κ3) is 4.43. The Kier molecular flexibility index (Phi) is 6.24. The number of halogens is 3. The number of aliphatic hydroxyl groups is 1. The van der Waals surface area contributed by atoms with E-state index in [4.69, 9.17) is 34.8 Å². The summed E-state index contributed by atoms with van der Waals surface area (Å²) in [5.41, 5.74) is 3.33. The molecule has 0 spiro atoms. The Morgan fingerprint density at radius 2 is 1.31 bits per heavy atom. The molecular formula is C25H25Cl3N3O+. The zero-order valence-corrected chi connectivity index (χ0v) is 19.8. The zero-order chi connectivity index (χ0) is 22.2. The van der Waals surface area contributed by atoms with E-state index in [-0.39, 0.29) is 0 Å². The molecule has 4 aromatic rings. The van der Waals surface area contributed by atoms with Crippen LogP contribution in [0.4, 0.5) is 5.69 Å². The quantitative estimate of drug-likeness (QED) is 0.432. The second-order valence-corrected chi connectivity index (χ2v) is 9.81. The first kappa shape index (κ1) is 21.9. The number of hydrogen-bond acceptors (Lipinski definition) is 2. The number of hydrogen-bond donors (Lipinski definition) is 2. The van der Waals surface area contributed by atoms with Crippen molar-refractivity contribution in [2.24, 2.45) is 0 Å². The summed E-state index contributed by atoms with van der Waals surface area (Å²) in [4.78, 5) is 3.81. The molecule has 3 aromatic carbocycles. The van der Waals surface area contributed by atoms with Crippen LogP contribution in [0, 0.1) is 0 Å². The summed E-state index contributed by atoms with van der Waals surface area (Å²) in [6, 6.07) is 19.8. The van der Waals surface area contributed by atoms with Crippen molar-refractivity contribution in [2.45, 2.75) is 12.6 Å². The van der Waals surface area contributed by atoms with E-state index in [0.717, 1.165) is 59.6 Å². The highest BCUT2D eigenvalue weighted by Gasteiger charge is 2.24. The van der Waals surface area contributed by atoms with E-state index < -0.39 is 6.10 Å². The Bertz CT molecular complexity index is 1190. The Morgan fingerprint density at radius 1 is 0.781 bits per heavy atom. The van der Waals surface area contributed by atoms with E-state index in [1.807, 2.05) is 48.5 Å². The van der Waals surface area contributed by atoms with Gasteiger partial charge in [0.25, 0.3) is 0 Å². The van der Waals surface area contributed by atoms with Crippen molar-refractivity contribution in [3.8, 4) is 0 Å². The van der Waals surface area contributed by atoms with Gasteiger partial charge in [-0.2, -0.15) is 0 Å². The molecule has 1 fully saturated rings. The minimum absolute atomic E-state index is 0.447. The number of quaternary nitrogens is 1. The molecule has 1 aromatic heterocycles. The van der Waals surface area contributed by atoms with E-state index in [1.54, 1.807) is 0 Å². The van der Waals surface area contributed by atoms with Crippen LogP contribution >= 0.6 is 34.8 Å². The molecule has 166 valence electrons. The SMILES string of the molecule is OC(Cn1c2ccc(Cl)cc2c2cc(Cl)ccc21)C[NH+]1CCN(c2ccc(Cl)cc2)CC1. The molecule has 0 bridgehead atoms. The molecule has 1 aliphatic rings. The Labute approximate surface area is 202 Å². The maximum Gasteiger partial charge on any atom is 0.121 e. The van der Waals surface area contributed by atoms with Crippen LogP contribution in [0.1, 0.15) is 0 Å². The number of nitrogens with zero attached hydrogens (tertiary/aromatic N) is 2. The van der Waals surface area contributed by atoms with Crippen LogP contribution in [-0.2, 0) is 6.54 Å². The maximum absolute atomic E-state index is 11.0. The van der Waals surface area contributed by atoms with Gasteiger partial charge in [0.15, 0.2) is 0 Å². The van der Waals surface area contributed by atoms with Crippen LogP contribution in [0.25, 0.3) is 21.8 Å². The molecule has 7 heteroatoms. The van der Waals surface area contributed by atoms with Gasteiger partial charge < -0.3 is 19.5 Å². The summed E-state index contributed by atoms with van der Waals surface area (Å²) < 4.78 is 2.19. The fourth-order valence-electron chi connectivity index (χ4n) is 4.79. The number of nitrogens with one attached hydrogen (secondary N) is 1. The van der Waals surface area contributed by atoms with Crippen molar-refractivity contribution < 1.29 is 10.0 Å². The van der Waals surface area contributed by atoms with E-state index in [1.165, 1.54) is 10.6 Å². The first-order chi connectivity index (χ1) is 15.5. The molecule has 2 N–H and O–H groups in total. The van der Waals surface area contributed by atoms with Crippen LogP contribution in [0.2, 0.25) is 15.1 Å². The minimum Gasteiger partial charge on any atom is -0.385 e. The molecule has 1 atom stereocenters. The summed E-state index contributed by atoms with van der Waals surface area (Å²) in [5, 5.41) is 15.3. The van der Waals surface area contributed by atoms with Crippen LogP contribution in [0.3, 0.4) is 0 Å². The Morgan fingerprint density at radius 3 is 1.88 bits per heavy atom. The molecule has 1 saturated heterocycles. The largest absolute Gasteiger partial charge is 0.385 e. The van der Waals surface area contributed by atoms with Crippen LogP contribution in [0.5, 0.6) is 0 Å². The summed E-state index contributed by atoms with van der Waals surface area (Å²) in [5.74, 6) is 0. The molecule has 32 heavy (non-hydrogen) atoms. The predicted molar refractivity (Wildman–Crippen MR) is 135 cm³/mol. The normalized spacial score (nSPS) is 16.2. The van der Waals surface area contributed by atoms with Gasteiger partial charge in [0.05, 0.1) is 32.7 Å². The van der Waals surface area contributed by atoms with E-state index in [9.17, 15) is 5.11 Å². The van der Waals surface area contributed by atoms with E-state index in [0.29, 0.717) is 16.6 Å². The van der Waals surface area contributed by atoms with Crippen LogP contribution in [0.15, 0.2) is 60.7 Å². The van der Waals surface area contributed by atoms with Crippen molar-refractivity contribution in [3.05, 3.63) is 75.7 Å². The molecule has 1 aliphatic heterocycles. The second kappa shape index (κ2) is 9.12. The molecule has 5 rings (SSSR count). The first-order valence-electron chi connectivity index (χ1n) is 10.9. The highest BCUT2D eigenvalue weighted by molar-refractivity contribution is 6.33. The molecule has 0 radical (unpaired) electrons. The van der Waals surface area contributed by atoms with Crippen LogP contribution in [-0.4, -0.2) is 48.5 Å². The molecule has 4 nitrogen and oxygen atoms in total. The van der Waals surface area contributed by atoms with E-state index >= 15 is 0 Å². The molecule has 2 heterocycles. The van der Waals surface area contributed by atoms with Gasteiger partial charge in [-0.1, -0.05) is 34.8 Å². The highest BCUT2D eigenvalue weighted by atomic mass is 35.5. The lowest BCUT2D eigenvalue weighted by Crippen LogP contribution is -3.15. The summed E-state index contributed by atoms with van der Waals surface area (Å²) in [6.07, 6.45) is -0.447. The summed E-state index contributed by atoms with van der Waals surface area (Å²) >= 11 is 18.5. The topological polar surface area (TPSA) is 32.8 Å². The molecule has 1 unspecified atom stereocenters. The smallest absolute Gasteiger partial charge is 0.121 e. The number of aromatic nitrogens is 1. The van der Waals surface area contributed by atoms with Crippen molar-refractivity contribution in [1.29, 1.82) is 0 Å². The fraction of sp³-hybridized carbons (Fsp3) is 0.280. The zero-order valence-electron chi connectivity index (χ0n) is 17.6. The van der Waals surface area contributed by atoms with Gasteiger partial charge >= 0.3 is 0 Å². The summed E-state index contributed by atoms with van der Waals surface area (Å²) in [7, 11) is 0. The average Bonchev–Trinajstić information content (AvgIpc) is 3.07. The Hall–Kier alpha value is -1.95. The van der Waals surface area contributed by atoms with Gasteiger partial charge in [0.2, 0.25) is 0 Å². The lowest BCUT2D eigenvalue weighted by Gasteiger charge is -2.34. The van der Waals surface area contributed by atoms with Crippen molar-refractivity contribution in [1.82, 2.24) is 4.57 Å². The number of fused-ring (bicyclic) bond motifs is 3. The number of rotatable bonds is 5. The molecule has 0 amide bonds. The van der Waals surface area contributed by atoms with Gasteiger partial charge in [-0.05, 0) is 60.7 Å². The lowest BCUT2D eigenvalue weighted by atomic mass is 10.1.